The summed E-state index contributed by atoms with van der Waals surface area (Å²) in [6.07, 6.45) is 6.40. The smallest absolute Gasteiger partial charge is 0.247 e. The Morgan fingerprint density at radius 3 is 2.55 bits per heavy atom. The van der Waals surface area contributed by atoms with Gasteiger partial charge in [-0.15, -0.1) is 0 Å². The minimum absolute atomic E-state index is 0.120. The normalized spacial score (nSPS) is 21.4. The first kappa shape index (κ1) is 26.0. The largest absolute Gasteiger partial charge is 0.497 e. The summed E-state index contributed by atoms with van der Waals surface area (Å²) >= 11 is 0. The number of hydrogen-bond donors (Lipinski definition) is 2. The molecule has 2 amide bonds. The van der Waals surface area contributed by atoms with Crippen LogP contribution >= 0.6 is 0 Å². The van der Waals surface area contributed by atoms with Gasteiger partial charge in [0.2, 0.25) is 11.8 Å². The minimum Gasteiger partial charge on any atom is -0.497 e. The highest BCUT2D eigenvalue weighted by molar-refractivity contribution is 5.89. The number of carbonyl (C=O) groups excluding carboxylic acids is 2. The highest BCUT2D eigenvalue weighted by Gasteiger charge is 2.63. The molecule has 8 heteroatoms. The van der Waals surface area contributed by atoms with Crippen LogP contribution in [0.1, 0.15) is 41.6 Å². The SMILES string of the molecule is COc1ccc(CC(NC(=O)CCc2c[nH]cn2)C(=O)N2CC(c3ccccc3C)(C3CC3)[C@H]2OC)cc1. The van der Waals surface area contributed by atoms with Crippen molar-refractivity contribution in [2.45, 2.75) is 56.7 Å². The van der Waals surface area contributed by atoms with E-state index in [0.717, 1.165) is 29.8 Å². The number of aryl methyl sites for hydroxylation is 2. The van der Waals surface area contributed by atoms with Gasteiger partial charge in [-0.05, 0) is 60.9 Å². The van der Waals surface area contributed by atoms with Gasteiger partial charge in [0, 0.05) is 32.7 Å². The second kappa shape index (κ2) is 11.0. The van der Waals surface area contributed by atoms with Crippen LogP contribution in [0.5, 0.6) is 5.75 Å². The molecule has 1 saturated heterocycles. The number of rotatable bonds is 11. The number of benzene rings is 2. The summed E-state index contributed by atoms with van der Waals surface area (Å²) < 4.78 is 11.3. The van der Waals surface area contributed by atoms with E-state index in [2.05, 4.69) is 40.4 Å². The van der Waals surface area contributed by atoms with Crippen molar-refractivity contribution in [3.05, 3.63) is 83.4 Å². The summed E-state index contributed by atoms with van der Waals surface area (Å²) in [5.41, 5.74) is 4.01. The van der Waals surface area contributed by atoms with Gasteiger partial charge in [-0.3, -0.25) is 9.59 Å². The second-order valence-corrected chi connectivity index (χ2v) is 10.4. The molecule has 2 heterocycles. The number of aromatic nitrogens is 2. The third kappa shape index (κ3) is 5.05. The van der Waals surface area contributed by atoms with Crippen LogP contribution in [0.3, 0.4) is 0 Å². The van der Waals surface area contributed by atoms with Gasteiger partial charge in [0.15, 0.2) is 0 Å². The number of amides is 2. The molecule has 1 aromatic heterocycles. The summed E-state index contributed by atoms with van der Waals surface area (Å²) in [5.74, 6) is 0.933. The van der Waals surface area contributed by atoms with Crippen molar-refractivity contribution in [2.75, 3.05) is 20.8 Å². The van der Waals surface area contributed by atoms with Crippen molar-refractivity contribution >= 4 is 11.8 Å². The Morgan fingerprint density at radius 2 is 1.92 bits per heavy atom. The van der Waals surface area contributed by atoms with Gasteiger partial charge >= 0.3 is 0 Å². The molecule has 8 nitrogen and oxygen atoms in total. The molecule has 2 fully saturated rings. The number of H-pyrrole nitrogens is 1. The summed E-state index contributed by atoms with van der Waals surface area (Å²) in [5, 5.41) is 3.02. The van der Waals surface area contributed by atoms with Crippen LogP contribution < -0.4 is 10.1 Å². The standard InChI is InChI=1S/C30H36N4O4/c1-20-6-4-5-7-25(20)30(22-10-11-22)18-34(29(30)38-3)28(36)26(16-21-8-13-24(37-2)14-9-21)33-27(35)15-12-23-17-31-19-32-23/h4-9,13-14,17,19,22,26,29H,10-12,15-16,18H2,1-3H3,(H,31,32)(H,33,35)/t26?,29-,30?/m1/s1. The number of aromatic amines is 1. The number of methoxy groups -OCH3 is 2. The van der Waals surface area contributed by atoms with E-state index in [4.69, 9.17) is 9.47 Å². The van der Waals surface area contributed by atoms with Gasteiger partial charge in [0.25, 0.3) is 0 Å². The topological polar surface area (TPSA) is 96.5 Å². The Labute approximate surface area is 223 Å². The number of carbonyl (C=O) groups is 2. The Balaban J connectivity index is 1.36. The van der Waals surface area contributed by atoms with E-state index in [1.54, 1.807) is 26.7 Å². The molecule has 3 aromatic rings. The first-order valence-electron chi connectivity index (χ1n) is 13.3. The molecule has 38 heavy (non-hydrogen) atoms. The molecule has 1 aliphatic heterocycles. The van der Waals surface area contributed by atoms with Gasteiger partial charge in [-0.2, -0.15) is 0 Å². The fraction of sp³-hybridized carbons (Fsp3) is 0.433. The Kier molecular flexibility index (Phi) is 7.51. The highest BCUT2D eigenvalue weighted by Crippen LogP contribution is 2.57. The highest BCUT2D eigenvalue weighted by atomic mass is 16.5. The Hall–Kier alpha value is -3.65. The van der Waals surface area contributed by atoms with E-state index in [1.807, 2.05) is 35.2 Å². The van der Waals surface area contributed by atoms with Crippen LogP contribution in [0.15, 0.2) is 61.1 Å². The first-order chi connectivity index (χ1) is 18.5. The molecule has 0 spiro atoms. The van der Waals surface area contributed by atoms with Crippen molar-refractivity contribution in [1.29, 1.82) is 0 Å². The minimum atomic E-state index is -0.707. The van der Waals surface area contributed by atoms with Crippen LogP contribution in [0.2, 0.25) is 0 Å². The fourth-order valence-electron chi connectivity index (χ4n) is 5.94. The average molecular weight is 517 g/mol. The van der Waals surface area contributed by atoms with Gasteiger partial charge in [-0.1, -0.05) is 36.4 Å². The monoisotopic (exact) mass is 516 g/mol. The van der Waals surface area contributed by atoms with E-state index < -0.39 is 6.04 Å². The molecule has 1 aliphatic carbocycles. The second-order valence-electron chi connectivity index (χ2n) is 10.4. The van der Waals surface area contributed by atoms with Gasteiger partial charge in [0.1, 0.15) is 18.0 Å². The molecule has 200 valence electrons. The third-order valence-corrected chi connectivity index (χ3v) is 8.01. The van der Waals surface area contributed by atoms with Crippen LogP contribution in [-0.2, 0) is 32.6 Å². The fourth-order valence-corrected chi connectivity index (χ4v) is 5.94. The molecule has 5 rings (SSSR count). The zero-order valence-electron chi connectivity index (χ0n) is 22.3. The van der Waals surface area contributed by atoms with Crippen molar-refractivity contribution in [1.82, 2.24) is 20.2 Å². The number of likely N-dealkylation sites (tertiary alicyclic amines) is 1. The molecule has 2 unspecified atom stereocenters. The molecular weight excluding hydrogens is 480 g/mol. The average Bonchev–Trinajstić information content (AvgIpc) is 3.62. The molecule has 2 N–H and O–H groups in total. The lowest BCUT2D eigenvalue weighted by atomic mass is 9.66. The zero-order chi connectivity index (χ0) is 26.7. The van der Waals surface area contributed by atoms with Crippen molar-refractivity contribution in [3.63, 3.8) is 0 Å². The first-order valence-corrected chi connectivity index (χ1v) is 13.3. The predicted octanol–water partition coefficient (Wildman–Crippen LogP) is 3.55. The third-order valence-electron chi connectivity index (χ3n) is 8.01. The summed E-state index contributed by atoms with van der Waals surface area (Å²) in [6, 6.07) is 15.3. The van der Waals surface area contributed by atoms with E-state index in [-0.39, 0.29) is 29.9 Å². The maximum atomic E-state index is 14.0. The predicted molar refractivity (Wildman–Crippen MR) is 144 cm³/mol. The Morgan fingerprint density at radius 1 is 1.16 bits per heavy atom. The lowest BCUT2D eigenvalue weighted by Crippen LogP contribution is -2.73. The van der Waals surface area contributed by atoms with Crippen LogP contribution in [0.4, 0.5) is 0 Å². The molecule has 2 aliphatic rings. The van der Waals surface area contributed by atoms with Crippen molar-refractivity contribution < 1.29 is 19.1 Å². The van der Waals surface area contributed by atoms with Crippen LogP contribution in [0.25, 0.3) is 0 Å². The maximum Gasteiger partial charge on any atom is 0.247 e. The Bertz CT molecular complexity index is 1260. The van der Waals surface area contributed by atoms with E-state index in [0.29, 0.717) is 25.3 Å². The summed E-state index contributed by atoms with van der Waals surface area (Å²) in [6.45, 7) is 2.71. The van der Waals surface area contributed by atoms with Crippen molar-refractivity contribution in [2.24, 2.45) is 5.92 Å². The number of nitrogens with zero attached hydrogens (tertiary/aromatic N) is 2. The van der Waals surface area contributed by atoms with Crippen LogP contribution in [-0.4, -0.2) is 59.7 Å². The van der Waals surface area contributed by atoms with Gasteiger partial charge in [-0.25, -0.2) is 4.98 Å². The van der Waals surface area contributed by atoms with E-state index in [9.17, 15) is 9.59 Å². The van der Waals surface area contributed by atoms with Crippen LogP contribution in [0, 0.1) is 12.8 Å². The number of hydrogen-bond acceptors (Lipinski definition) is 5. The summed E-state index contributed by atoms with van der Waals surface area (Å²) in [4.78, 5) is 35.9. The van der Waals surface area contributed by atoms with Gasteiger partial charge < -0.3 is 24.7 Å². The van der Waals surface area contributed by atoms with Crippen molar-refractivity contribution in [3.8, 4) is 5.75 Å². The number of ether oxygens (including phenoxy) is 2. The molecule has 2 aromatic carbocycles. The van der Waals surface area contributed by atoms with Gasteiger partial charge in [0.05, 0.1) is 24.5 Å². The lowest BCUT2D eigenvalue weighted by Gasteiger charge is -2.58. The molecule has 1 saturated carbocycles. The number of imidazole rings is 1. The molecular formula is C30H36N4O4. The van der Waals surface area contributed by atoms with E-state index in [1.165, 1.54) is 11.1 Å². The quantitative estimate of drug-likeness (QED) is 0.406. The molecule has 0 radical (unpaired) electrons. The lowest BCUT2D eigenvalue weighted by molar-refractivity contribution is -0.194. The zero-order valence-corrected chi connectivity index (χ0v) is 22.3. The molecule has 0 bridgehead atoms. The van der Waals surface area contributed by atoms with E-state index >= 15 is 0 Å². The number of nitrogens with one attached hydrogen (secondary N) is 2. The molecule has 3 atom stereocenters. The summed E-state index contributed by atoms with van der Waals surface area (Å²) in [7, 11) is 3.30. The maximum absolute atomic E-state index is 14.0.